The highest BCUT2D eigenvalue weighted by Crippen LogP contribution is 2.17. The lowest BCUT2D eigenvalue weighted by molar-refractivity contribution is -0.384. The smallest absolute Gasteiger partial charge is 0.269 e. The molecular formula is C18H20N2O5. The molecule has 0 atom stereocenters. The maximum Gasteiger partial charge on any atom is 0.269 e. The first-order valence-corrected chi connectivity index (χ1v) is 7.94. The van der Waals surface area contributed by atoms with E-state index in [1.165, 1.54) is 12.1 Å². The van der Waals surface area contributed by atoms with E-state index in [4.69, 9.17) is 9.47 Å². The van der Waals surface area contributed by atoms with Crippen LogP contribution in [0.1, 0.15) is 12.5 Å². The highest BCUT2D eigenvalue weighted by atomic mass is 16.6. The van der Waals surface area contributed by atoms with Gasteiger partial charge in [0.2, 0.25) is 5.91 Å². The average Bonchev–Trinajstić information content (AvgIpc) is 2.61. The molecule has 0 spiro atoms. The molecule has 0 aliphatic rings. The summed E-state index contributed by atoms with van der Waals surface area (Å²) in [5.41, 5.74) is 0.725. The molecule has 1 N–H and O–H groups in total. The molecule has 7 heteroatoms. The summed E-state index contributed by atoms with van der Waals surface area (Å²) < 4.78 is 10.9. The van der Waals surface area contributed by atoms with E-state index in [-0.39, 0.29) is 18.0 Å². The minimum absolute atomic E-state index is 0.00733. The molecule has 25 heavy (non-hydrogen) atoms. The molecule has 7 nitrogen and oxygen atoms in total. The molecule has 0 unspecified atom stereocenters. The Bertz CT molecular complexity index is 698. The van der Waals surface area contributed by atoms with E-state index in [0.717, 1.165) is 11.3 Å². The van der Waals surface area contributed by atoms with Crippen molar-refractivity contribution in [3.63, 3.8) is 0 Å². The van der Waals surface area contributed by atoms with Crippen molar-refractivity contribution in [2.45, 2.75) is 13.3 Å². The number of non-ortho nitro benzene ring substituents is 1. The monoisotopic (exact) mass is 344 g/mol. The lowest BCUT2D eigenvalue weighted by atomic mass is 10.1. The van der Waals surface area contributed by atoms with Crippen molar-refractivity contribution in [2.24, 2.45) is 0 Å². The Morgan fingerprint density at radius 3 is 2.20 bits per heavy atom. The van der Waals surface area contributed by atoms with Gasteiger partial charge in [-0.05, 0) is 36.8 Å². The lowest BCUT2D eigenvalue weighted by Crippen LogP contribution is -2.29. The molecule has 0 fully saturated rings. The molecule has 0 aliphatic heterocycles. The highest BCUT2D eigenvalue weighted by molar-refractivity contribution is 5.78. The standard InChI is InChI=1S/C18H20N2O5/c1-2-24-16-7-9-17(10-8-16)25-12-11-19-18(21)13-14-3-5-15(6-4-14)20(22)23/h3-10H,2,11-13H2,1H3,(H,19,21). The summed E-state index contributed by atoms with van der Waals surface area (Å²) >= 11 is 0. The minimum atomic E-state index is -0.470. The highest BCUT2D eigenvalue weighted by Gasteiger charge is 2.07. The number of hydrogen-bond acceptors (Lipinski definition) is 5. The van der Waals surface area contributed by atoms with Crippen molar-refractivity contribution >= 4 is 11.6 Å². The Balaban J connectivity index is 1.68. The summed E-state index contributed by atoms with van der Waals surface area (Å²) in [6.45, 7) is 3.25. The Morgan fingerprint density at radius 2 is 1.64 bits per heavy atom. The third kappa shape index (κ3) is 6.14. The van der Waals surface area contributed by atoms with Crippen molar-refractivity contribution in [3.8, 4) is 11.5 Å². The normalized spacial score (nSPS) is 10.1. The summed E-state index contributed by atoms with van der Waals surface area (Å²) in [7, 11) is 0. The van der Waals surface area contributed by atoms with Gasteiger partial charge in [0.05, 0.1) is 24.5 Å². The second kappa shape index (κ2) is 9.27. The molecule has 0 aliphatic carbocycles. The minimum Gasteiger partial charge on any atom is -0.494 e. The SMILES string of the molecule is CCOc1ccc(OCCNC(=O)Cc2ccc([N+](=O)[O-])cc2)cc1. The summed E-state index contributed by atoms with van der Waals surface area (Å²) in [4.78, 5) is 22.0. The molecule has 132 valence electrons. The molecule has 0 saturated heterocycles. The molecule has 0 saturated carbocycles. The van der Waals surface area contributed by atoms with E-state index in [0.29, 0.717) is 25.5 Å². The molecule has 0 aromatic heterocycles. The van der Waals surface area contributed by atoms with E-state index in [1.54, 1.807) is 12.1 Å². The fourth-order valence-electron chi connectivity index (χ4n) is 2.14. The summed E-state index contributed by atoms with van der Waals surface area (Å²) in [6, 6.07) is 13.2. The first-order chi connectivity index (χ1) is 12.1. The number of amides is 1. The average molecular weight is 344 g/mol. The molecule has 2 rings (SSSR count). The zero-order valence-electron chi connectivity index (χ0n) is 13.9. The third-order valence-corrected chi connectivity index (χ3v) is 3.34. The van der Waals surface area contributed by atoms with Crippen LogP contribution in [0.25, 0.3) is 0 Å². The maximum atomic E-state index is 11.8. The van der Waals surface area contributed by atoms with E-state index < -0.39 is 4.92 Å². The number of carbonyl (C=O) groups excluding carboxylic acids is 1. The fourth-order valence-corrected chi connectivity index (χ4v) is 2.14. The van der Waals surface area contributed by atoms with Gasteiger partial charge in [0.15, 0.2) is 0 Å². The van der Waals surface area contributed by atoms with Crippen LogP contribution < -0.4 is 14.8 Å². The van der Waals surface area contributed by atoms with E-state index in [2.05, 4.69) is 5.32 Å². The molecular weight excluding hydrogens is 324 g/mol. The maximum absolute atomic E-state index is 11.8. The van der Waals surface area contributed by atoms with E-state index in [9.17, 15) is 14.9 Å². The summed E-state index contributed by atoms with van der Waals surface area (Å²) in [5, 5.41) is 13.3. The first-order valence-electron chi connectivity index (χ1n) is 7.94. The number of nitro benzene ring substituents is 1. The largest absolute Gasteiger partial charge is 0.494 e. The van der Waals surface area contributed by atoms with Crippen LogP contribution in [0, 0.1) is 10.1 Å². The third-order valence-electron chi connectivity index (χ3n) is 3.34. The first kappa shape index (κ1) is 18.3. The van der Waals surface area contributed by atoms with Crippen LogP contribution in [-0.4, -0.2) is 30.6 Å². The number of hydrogen-bond donors (Lipinski definition) is 1. The number of nitrogens with one attached hydrogen (secondary N) is 1. The van der Waals surface area contributed by atoms with Gasteiger partial charge in [-0.3, -0.25) is 14.9 Å². The molecule has 0 bridgehead atoms. The van der Waals surface area contributed by atoms with Crippen molar-refractivity contribution < 1.29 is 19.2 Å². The van der Waals surface area contributed by atoms with Gasteiger partial charge in [0, 0.05) is 12.1 Å². The van der Waals surface area contributed by atoms with Crippen LogP contribution in [0.3, 0.4) is 0 Å². The van der Waals surface area contributed by atoms with Crippen molar-refractivity contribution in [2.75, 3.05) is 19.8 Å². The lowest BCUT2D eigenvalue weighted by Gasteiger charge is -2.09. The fraction of sp³-hybridized carbons (Fsp3) is 0.278. The van der Waals surface area contributed by atoms with Gasteiger partial charge in [-0.15, -0.1) is 0 Å². The van der Waals surface area contributed by atoms with Gasteiger partial charge < -0.3 is 14.8 Å². The predicted molar refractivity (Wildman–Crippen MR) is 92.9 cm³/mol. The van der Waals surface area contributed by atoms with Gasteiger partial charge in [-0.2, -0.15) is 0 Å². The Kier molecular flexibility index (Phi) is 6.76. The quantitative estimate of drug-likeness (QED) is 0.429. The van der Waals surface area contributed by atoms with Crippen LogP contribution >= 0.6 is 0 Å². The van der Waals surface area contributed by atoms with Gasteiger partial charge in [0.1, 0.15) is 18.1 Å². The zero-order chi connectivity index (χ0) is 18.1. The van der Waals surface area contributed by atoms with Gasteiger partial charge >= 0.3 is 0 Å². The Morgan fingerprint density at radius 1 is 1.04 bits per heavy atom. The Hall–Kier alpha value is -3.09. The molecule has 2 aromatic carbocycles. The van der Waals surface area contributed by atoms with Gasteiger partial charge in [-0.1, -0.05) is 12.1 Å². The van der Waals surface area contributed by atoms with Crippen LogP contribution in [0.4, 0.5) is 5.69 Å². The van der Waals surface area contributed by atoms with E-state index >= 15 is 0 Å². The van der Waals surface area contributed by atoms with Crippen molar-refractivity contribution in [1.82, 2.24) is 5.32 Å². The summed E-state index contributed by atoms with van der Waals surface area (Å²) in [6.07, 6.45) is 0.168. The zero-order valence-corrected chi connectivity index (χ0v) is 13.9. The number of ether oxygens (including phenoxy) is 2. The molecule has 0 radical (unpaired) electrons. The van der Waals surface area contributed by atoms with Gasteiger partial charge in [-0.25, -0.2) is 0 Å². The van der Waals surface area contributed by atoms with Crippen LogP contribution in [0.5, 0.6) is 11.5 Å². The number of rotatable bonds is 9. The number of nitro groups is 1. The van der Waals surface area contributed by atoms with Crippen LogP contribution in [-0.2, 0) is 11.2 Å². The van der Waals surface area contributed by atoms with Crippen LogP contribution in [0.15, 0.2) is 48.5 Å². The Labute approximate surface area is 145 Å². The topological polar surface area (TPSA) is 90.7 Å². The molecule has 1 amide bonds. The summed E-state index contributed by atoms with van der Waals surface area (Å²) in [5.74, 6) is 1.32. The number of benzene rings is 2. The second-order valence-corrected chi connectivity index (χ2v) is 5.20. The molecule has 2 aromatic rings. The van der Waals surface area contributed by atoms with Gasteiger partial charge in [0.25, 0.3) is 5.69 Å². The van der Waals surface area contributed by atoms with Crippen molar-refractivity contribution in [1.29, 1.82) is 0 Å². The predicted octanol–water partition coefficient (Wildman–Crippen LogP) is 2.73. The van der Waals surface area contributed by atoms with Crippen molar-refractivity contribution in [3.05, 3.63) is 64.2 Å². The second-order valence-electron chi connectivity index (χ2n) is 5.20. The number of carbonyl (C=O) groups is 1. The number of nitrogens with zero attached hydrogens (tertiary/aromatic N) is 1. The molecule has 0 heterocycles. The van der Waals surface area contributed by atoms with E-state index in [1.807, 2.05) is 31.2 Å². The van der Waals surface area contributed by atoms with Crippen LogP contribution in [0.2, 0.25) is 0 Å².